The van der Waals surface area contributed by atoms with E-state index in [4.69, 9.17) is 5.73 Å². The van der Waals surface area contributed by atoms with E-state index in [0.717, 1.165) is 6.07 Å². The van der Waals surface area contributed by atoms with Crippen LogP contribution in [0.15, 0.2) is 42.5 Å². The molecule has 0 bridgehead atoms. The minimum Gasteiger partial charge on any atom is -0.397 e. The average Bonchev–Trinajstić information content (AvgIpc) is 2.83. The number of hydrogen-bond acceptors (Lipinski definition) is 2. The van der Waals surface area contributed by atoms with Gasteiger partial charge in [0.25, 0.3) is 0 Å². The van der Waals surface area contributed by atoms with E-state index in [1.807, 2.05) is 0 Å². The number of nitrogens with one attached hydrogen (secondary N) is 1. The summed E-state index contributed by atoms with van der Waals surface area (Å²) in [6.07, 6.45) is -4.43. The monoisotopic (exact) mass is 277 g/mol. The van der Waals surface area contributed by atoms with Crippen molar-refractivity contribution in [2.45, 2.75) is 6.18 Å². The first kappa shape index (κ1) is 12.5. The number of hydrogen-bond donors (Lipinski definition) is 2. The third kappa shape index (κ3) is 1.99. The molecule has 0 fully saturated rings. The van der Waals surface area contributed by atoms with Crippen LogP contribution in [0.3, 0.4) is 0 Å². The van der Waals surface area contributed by atoms with Gasteiger partial charge in [-0.05, 0) is 18.2 Å². The molecule has 0 atom stereocenters. The van der Waals surface area contributed by atoms with Crippen molar-refractivity contribution >= 4 is 16.7 Å². The Morgan fingerprint density at radius 1 is 1.00 bits per heavy atom. The molecule has 0 radical (unpaired) electrons. The van der Waals surface area contributed by atoms with Gasteiger partial charge in [-0.25, -0.2) is 4.98 Å². The number of rotatable bonds is 1. The number of aromatic nitrogens is 2. The molecule has 0 saturated carbocycles. The van der Waals surface area contributed by atoms with Crippen LogP contribution in [-0.2, 0) is 6.18 Å². The molecule has 3 rings (SSSR count). The minimum absolute atomic E-state index is 0.00981. The largest absolute Gasteiger partial charge is 0.417 e. The number of benzene rings is 2. The van der Waals surface area contributed by atoms with E-state index in [1.54, 1.807) is 24.3 Å². The highest BCUT2D eigenvalue weighted by atomic mass is 19.4. The van der Waals surface area contributed by atoms with Crippen molar-refractivity contribution < 1.29 is 13.2 Å². The Balaban J connectivity index is 2.24. The molecule has 0 aliphatic carbocycles. The Morgan fingerprint density at radius 3 is 2.45 bits per heavy atom. The summed E-state index contributed by atoms with van der Waals surface area (Å²) in [5.41, 5.74) is 6.56. The molecule has 102 valence electrons. The quantitative estimate of drug-likeness (QED) is 0.664. The van der Waals surface area contributed by atoms with Crippen molar-refractivity contribution in [2.24, 2.45) is 0 Å². The standard InChI is InChI=1S/C14H10F3N3/c15-14(16,17)9-5-2-1-4-8(9)13-19-11-7-3-6-10(18)12(11)20-13/h1-7H,18H2,(H,19,20). The molecule has 0 amide bonds. The lowest BCUT2D eigenvalue weighted by atomic mass is 10.1. The second-order valence-electron chi connectivity index (χ2n) is 4.37. The Morgan fingerprint density at radius 2 is 1.75 bits per heavy atom. The summed E-state index contributed by atoms with van der Waals surface area (Å²) >= 11 is 0. The number of anilines is 1. The summed E-state index contributed by atoms with van der Waals surface area (Å²) in [7, 11) is 0. The molecule has 1 heterocycles. The molecule has 2 aromatic carbocycles. The van der Waals surface area contributed by atoms with Gasteiger partial charge in [-0.2, -0.15) is 13.2 Å². The molecule has 0 unspecified atom stereocenters. The first-order valence-electron chi connectivity index (χ1n) is 5.87. The van der Waals surface area contributed by atoms with Crippen molar-refractivity contribution in [3.63, 3.8) is 0 Å². The number of H-pyrrole nitrogens is 1. The lowest BCUT2D eigenvalue weighted by Gasteiger charge is -2.10. The van der Waals surface area contributed by atoms with Crippen molar-refractivity contribution in [1.82, 2.24) is 9.97 Å². The fourth-order valence-corrected chi connectivity index (χ4v) is 2.12. The fourth-order valence-electron chi connectivity index (χ4n) is 2.12. The Bertz CT molecular complexity index is 775. The summed E-state index contributed by atoms with van der Waals surface area (Å²) in [6, 6.07) is 10.4. The van der Waals surface area contributed by atoms with Crippen LogP contribution >= 0.6 is 0 Å². The SMILES string of the molecule is Nc1cccc2[nH]c(-c3ccccc3C(F)(F)F)nc12. The minimum atomic E-state index is -4.43. The lowest BCUT2D eigenvalue weighted by molar-refractivity contribution is -0.137. The second-order valence-corrected chi connectivity index (χ2v) is 4.37. The van der Waals surface area contributed by atoms with Crippen LogP contribution in [0.1, 0.15) is 5.56 Å². The van der Waals surface area contributed by atoms with E-state index in [0.29, 0.717) is 16.7 Å². The van der Waals surface area contributed by atoms with Crippen molar-refractivity contribution in [1.29, 1.82) is 0 Å². The maximum Gasteiger partial charge on any atom is 0.417 e. The number of aromatic amines is 1. The van der Waals surface area contributed by atoms with Gasteiger partial charge < -0.3 is 10.7 Å². The summed E-state index contributed by atoms with van der Waals surface area (Å²) in [6.45, 7) is 0. The summed E-state index contributed by atoms with van der Waals surface area (Å²) in [4.78, 5) is 7.05. The molecule has 20 heavy (non-hydrogen) atoms. The average molecular weight is 277 g/mol. The highest BCUT2D eigenvalue weighted by Gasteiger charge is 2.34. The smallest absolute Gasteiger partial charge is 0.397 e. The molecule has 0 saturated heterocycles. The van der Waals surface area contributed by atoms with Gasteiger partial charge in [0.2, 0.25) is 0 Å². The van der Waals surface area contributed by atoms with Crippen LogP contribution in [0.2, 0.25) is 0 Å². The molecule has 0 aliphatic heterocycles. The van der Waals surface area contributed by atoms with Crippen LogP contribution in [-0.4, -0.2) is 9.97 Å². The number of nitrogens with two attached hydrogens (primary N) is 1. The Kier molecular flexibility index (Phi) is 2.67. The molecule has 3 N–H and O–H groups in total. The Labute approximate surface area is 112 Å². The maximum atomic E-state index is 13.0. The van der Waals surface area contributed by atoms with Crippen LogP contribution in [0.25, 0.3) is 22.4 Å². The molecule has 1 aromatic heterocycles. The molecular weight excluding hydrogens is 267 g/mol. The van der Waals surface area contributed by atoms with Gasteiger partial charge in [-0.15, -0.1) is 0 Å². The van der Waals surface area contributed by atoms with Gasteiger partial charge in [0, 0.05) is 5.56 Å². The van der Waals surface area contributed by atoms with Crippen LogP contribution in [0.4, 0.5) is 18.9 Å². The topological polar surface area (TPSA) is 54.7 Å². The molecule has 3 aromatic rings. The zero-order valence-corrected chi connectivity index (χ0v) is 10.2. The van der Waals surface area contributed by atoms with E-state index in [2.05, 4.69) is 9.97 Å². The first-order valence-corrected chi connectivity index (χ1v) is 5.87. The van der Waals surface area contributed by atoms with Crippen molar-refractivity contribution in [3.05, 3.63) is 48.0 Å². The van der Waals surface area contributed by atoms with Gasteiger partial charge in [0.15, 0.2) is 0 Å². The Hall–Kier alpha value is -2.50. The second kappa shape index (κ2) is 4.26. The van der Waals surface area contributed by atoms with E-state index in [9.17, 15) is 13.2 Å². The van der Waals surface area contributed by atoms with E-state index >= 15 is 0 Å². The molecule has 3 nitrogen and oxygen atoms in total. The number of nitrogens with zero attached hydrogens (tertiary/aromatic N) is 1. The first-order chi connectivity index (χ1) is 9.47. The van der Waals surface area contributed by atoms with Gasteiger partial charge in [0.05, 0.1) is 16.8 Å². The van der Waals surface area contributed by atoms with Gasteiger partial charge in [-0.3, -0.25) is 0 Å². The van der Waals surface area contributed by atoms with Gasteiger partial charge >= 0.3 is 6.18 Å². The number of alkyl halides is 3. The van der Waals surface area contributed by atoms with E-state index in [1.165, 1.54) is 12.1 Å². The maximum absolute atomic E-state index is 13.0. The van der Waals surface area contributed by atoms with Gasteiger partial charge in [0.1, 0.15) is 11.3 Å². The summed E-state index contributed by atoms with van der Waals surface area (Å²) in [5.74, 6) is 0.158. The van der Waals surface area contributed by atoms with Crippen LogP contribution in [0.5, 0.6) is 0 Å². The zero-order chi connectivity index (χ0) is 14.3. The fraction of sp³-hybridized carbons (Fsp3) is 0.0714. The number of nitrogen functional groups attached to an aromatic ring is 1. The number of imidazole rings is 1. The molecule has 0 aliphatic rings. The van der Waals surface area contributed by atoms with Crippen molar-refractivity contribution in [2.75, 3.05) is 5.73 Å². The summed E-state index contributed by atoms with van der Waals surface area (Å²) < 4.78 is 39.0. The zero-order valence-electron chi connectivity index (χ0n) is 10.2. The predicted molar refractivity (Wildman–Crippen MR) is 70.9 cm³/mol. The van der Waals surface area contributed by atoms with E-state index in [-0.39, 0.29) is 11.4 Å². The molecular formula is C14H10F3N3. The van der Waals surface area contributed by atoms with Crippen LogP contribution in [0, 0.1) is 0 Å². The van der Waals surface area contributed by atoms with E-state index < -0.39 is 11.7 Å². The highest BCUT2D eigenvalue weighted by Crippen LogP contribution is 2.36. The van der Waals surface area contributed by atoms with Gasteiger partial charge in [-0.1, -0.05) is 24.3 Å². The summed E-state index contributed by atoms with van der Waals surface area (Å²) in [5, 5.41) is 0. The number of halogens is 3. The molecule has 6 heteroatoms. The predicted octanol–water partition coefficient (Wildman–Crippen LogP) is 3.83. The third-order valence-electron chi connectivity index (χ3n) is 3.03. The molecule has 0 spiro atoms. The normalized spacial score (nSPS) is 11.9. The number of fused-ring (bicyclic) bond motifs is 1. The highest BCUT2D eigenvalue weighted by molar-refractivity contribution is 5.89. The number of para-hydroxylation sites is 1. The lowest BCUT2D eigenvalue weighted by Crippen LogP contribution is -2.07. The van der Waals surface area contributed by atoms with Crippen molar-refractivity contribution in [3.8, 4) is 11.4 Å². The van der Waals surface area contributed by atoms with Crippen LogP contribution < -0.4 is 5.73 Å². The third-order valence-corrected chi connectivity index (χ3v) is 3.03.